The molecule has 0 bridgehead atoms. The normalized spacial score (nSPS) is 12.5. The fourth-order valence-electron chi connectivity index (χ4n) is 1.43. The van der Waals surface area contributed by atoms with Crippen molar-refractivity contribution in [3.8, 4) is 0 Å². The van der Waals surface area contributed by atoms with Crippen molar-refractivity contribution in [3.05, 3.63) is 21.9 Å². The molecule has 1 atom stereocenters. The molecular formula is C12H20N2OS. The quantitative estimate of drug-likeness (QED) is 0.857. The maximum atomic E-state index is 11.7. The SMILES string of the molecule is Cc1ccc(CN(C)C(=O)CCC(C)N)s1. The van der Waals surface area contributed by atoms with E-state index < -0.39 is 0 Å². The highest BCUT2D eigenvalue weighted by molar-refractivity contribution is 7.11. The predicted molar refractivity (Wildman–Crippen MR) is 68.4 cm³/mol. The van der Waals surface area contributed by atoms with Crippen molar-refractivity contribution >= 4 is 17.2 Å². The van der Waals surface area contributed by atoms with Crippen LogP contribution in [0.1, 0.15) is 29.5 Å². The highest BCUT2D eigenvalue weighted by Gasteiger charge is 2.10. The van der Waals surface area contributed by atoms with E-state index in [4.69, 9.17) is 5.73 Å². The molecular weight excluding hydrogens is 220 g/mol. The van der Waals surface area contributed by atoms with Crippen LogP contribution in [-0.2, 0) is 11.3 Å². The molecule has 0 radical (unpaired) electrons. The van der Waals surface area contributed by atoms with E-state index in [1.54, 1.807) is 16.2 Å². The number of nitrogens with two attached hydrogens (primary N) is 1. The second kappa shape index (κ2) is 6.01. The van der Waals surface area contributed by atoms with Crippen LogP contribution < -0.4 is 5.73 Å². The lowest BCUT2D eigenvalue weighted by Crippen LogP contribution is -2.27. The molecule has 0 fully saturated rings. The van der Waals surface area contributed by atoms with Gasteiger partial charge in [0.05, 0.1) is 6.54 Å². The summed E-state index contributed by atoms with van der Waals surface area (Å²) in [5.74, 6) is 0.170. The molecule has 16 heavy (non-hydrogen) atoms. The maximum Gasteiger partial charge on any atom is 0.222 e. The Labute approximate surface area is 101 Å². The van der Waals surface area contributed by atoms with Gasteiger partial charge in [-0.25, -0.2) is 0 Å². The average molecular weight is 240 g/mol. The monoisotopic (exact) mass is 240 g/mol. The Morgan fingerprint density at radius 1 is 1.56 bits per heavy atom. The molecule has 0 aliphatic carbocycles. The summed E-state index contributed by atoms with van der Waals surface area (Å²) in [4.78, 5) is 16.0. The van der Waals surface area contributed by atoms with Gasteiger partial charge in [0.2, 0.25) is 5.91 Å². The zero-order valence-corrected chi connectivity index (χ0v) is 11.0. The van der Waals surface area contributed by atoms with E-state index in [1.165, 1.54) is 9.75 Å². The smallest absolute Gasteiger partial charge is 0.222 e. The van der Waals surface area contributed by atoms with Crippen LogP contribution in [0.2, 0.25) is 0 Å². The molecule has 1 aromatic rings. The molecule has 0 saturated heterocycles. The molecule has 1 amide bonds. The minimum Gasteiger partial charge on any atom is -0.341 e. The third-order valence-corrected chi connectivity index (χ3v) is 3.41. The summed E-state index contributed by atoms with van der Waals surface area (Å²) in [6, 6.07) is 4.26. The van der Waals surface area contributed by atoms with Crippen molar-refractivity contribution in [3.63, 3.8) is 0 Å². The first-order chi connectivity index (χ1) is 7.49. The van der Waals surface area contributed by atoms with Gasteiger partial charge in [0, 0.05) is 29.3 Å². The van der Waals surface area contributed by atoms with E-state index >= 15 is 0 Å². The molecule has 0 aliphatic heterocycles. The Balaban J connectivity index is 2.39. The Bertz CT molecular complexity index is 347. The van der Waals surface area contributed by atoms with Gasteiger partial charge in [-0.2, -0.15) is 0 Å². The van der Waals surface area contributed by atoms with Gasteiger partial charge >= 0.3 is 0 Å². The molecule has 2 N–H and O–H groups in total. The third kappa shape index (κ3) is 4.33. The van der Waals surface area contributed by atoms with Gasteiger partial charge in [0.15, 0.2) is 0 Å². The number of carbonyl (C=O) groups excluding carboxylic acids is 1. The minimum atomic E-state index is 0.0985. The van der Waals surface area contributed by atoms with Crippen molar-refractivity contribution in [2.75, 3.05) is 7.05 Å². The predicted octanol–water partition coefficient (Wildman–Crippen LogP) is 2.14. The van der Waals surface area contributed by atoms with E-state index in [2.05, 4.69) is 19.1 Å². The van der Waals surface area contributed by atoms with Crippen molar-refractivity contribution in [1.29, 1.82) is 0 Å². The zero-order valence-electron chi connectivity index (χ0n) is 10.2. The second-order valence-corrected chi connectivity index (χ2v) is 5.65. The van der Waals surface area contributed by atoms with Crippen LogP contribution in [0.25, 0.3) is 0 Å². The molecule has 4 heteroatoms. The summed E-state index contributed by atoms with van der Waals surface area (Å²) in [6.45, 7) is 4.71. The van der Waals surface area contributed by atoms with Crippen LogP contribution in [-0.4, -0.2) is 23.9 Å². The van der Waals surface area contributed by atoms with Crippen LogP contribution in [0.4, 0.5) is 0 Å². The topological polar surface area (TPSA) is 46.3 Å². The van der Waals surface area contributed by atoms with Crippen LogP contribution in [0.5, 0.6) is 0 Å². The van der Waals surface area contributed by atoms with Crippen LogP contribution >= 0.6 is 11.3 Å². The summed E-state index contributed by atoms with van der Waals surface area (Å²) in [7, 11) is 1.85. The Morgan fingerprint density at radius 2 is 2.25 bits per heavy atom. The van der Waals surface area contributed by atoms with Crippen molar-refractivity contribution in [2.24, 2.45) is 5.73 Å². The second-order valence-electron chi connectivity index (χ2n) is 4.28. The van der Waals surface area contributed by atoms with Gasteiger partial charge in [-0.3, -0.25) is 4.79 Å². The summed E-state index contributed by atoms with van der Waals surface area (Å²) in [5, 5.41) is 0. The highest BCUT2D eigenvalue weighted by atomic mass is 32.1. The molecule has 1 rings (SSSR count). The first-order valence-corrected chi connectivity index (χ1v) is 6.35. The number of thiophene rings is 1. The highest BCUT2D eigenvalue weighted by Crippen LogP contribution is 2.17. The first kappa shape index (κ1) is 13.2. The summed E-state index contributed by atoms with van der Waals surface area (Å²) in [6.07, 6.45) is 1.30. The number of amides is 1. The van der Waals surface area contributed by atoms with E-state index in [9.17, 15) is 4.79 Å². The Kier molecular flexibility index (Phi) is 4.96. The fourth-order valence-corrected chi connectivity index (χ4v) is 2.38. The number of hydrogen-bond donors (Lipinski definition) is 1. The standard InChI is InChI=1S/C12H20N2OS/c1-9(13)4-7-12(15)14(3)8-11-6-5-10(2)16-11/h5-6,9H,4,7-8,13H2,1-3H3. The van der Waals surface area contributed by atoms with Crippen molar-refractivity contribution in [1.82, 2.24) is 4.90 Å². The first-order valence-electron chi connectivity index (χ1n) is 5.54. The van der Waals surface area contributed by atoms with E-state index in [1.807, 2.05) is 14.0 Å². The van der Waals surface area contributed by atoms with Crippen LogP contribution in [0, 0.1) is 6.92 Å². The third-order valence-electron chi connectivity index (χ3n) is 2.43. The van der Waals surface area contributed by atoms with Crippen molar-refractivity contribution < 1.29 is 4.79 Å². The summed E-state index contributed by atoms with van der Waals surface area (Å²) in [5.41, 5.74) is 5.63. The van der Waals surface area contributed by atoms with Crippen LogP contribution in [0.15, 0.2) is 12.1 Å². The van der Waals surface area contributed by atoms with Crippen LogP contribution in [0.3, 0.4) is 0 Å². The largest absolute Gasteiger partial charge is 0.341 e. The Morgan fingerprint density at radius 3 is 2.75 bits per heavy atom. The van der Waals surface area contributed by atoms with Crippen molar-refractivity contribution in [2.45, 2.75) is 39.3 Å². The van der Waals surface area contributed by atoms with Gasteiger partial charge in [-0.1, -0.05) is 0 Å². The van der Waals surface area contributed by atoms with Gasteiger partial charge in [0.1, 0.15) is 0 Å². The van der Waals surface area contributed by atoms with E-state index in [0.29, 0.717) is 13.0 Å². The molecule has 1 unspecified atom stereocenters. The van der Waals surface area contributed by atoms with E-state index in [0.717, 1.165) is 6.42 Å². The maximum absolute atomic E-state index is 11.7. The average Bonchev–Trinajstić information content (AvgIpc) is 2.60. The molecule has 90 valence electrons. The minimum absolute atomic E-state index is 0.0985. The molecule has 0 aliphatic rings. The molecule has 1 heterocycles. The molecule has 3 nitrogen and oxygen atoms in total. The van der Waals surface area contributed by atoms with Gasteiger partial charge in [-0.05, 0) is 32.4 Å². The van der Waals surface area contributed by atoms with Gasteiger partial charge in [-0.15, -0.1) is 11.3 Å². The van der Waals surface area contributed by atoms with Gasteiger partial charge in [0.25, 0.3) is 0 Å². The lowest BCUT2D eigenvalue weighted by Gasteiger charge is -2.16. The number of aryl methyl sites for hydroxylation is 1. The lowest BCUT2D eigenvalue weighted by atomic mass is 10.2. The number of hydrogen-bond acceptors (Lipinski definition) is 3. The van der Waals surface area contributed by atoms with E-state index in [-0.39, 0.29) is 11.9 Å². The molecule has 0 saturated carbocycles. The summed E-state index contributed by atoms with van der Waals surface area (Å²) >= 11 is 1.74. The van der Waals surface area contributed by atoms with Gasteiger partial charge < -0.3 is 10.6 Å². The zero-order chi connectivity index (χ0) is 12.1. The molecule has 1 aromatic heterocycles. The molecule has 0 spiro atoms. The summed E-state index contributed by atoms with van der Waals surface area (Å²) < 4.78 is 0. The lowest BCUT2D eigenvalue weighted by molar-refractivity contribution is -0.130. The fraction of sp³-hybridized carbons (Fsp3) is 0.583. The number of rotatable bonds is 5. The number of carbonyl (C=O) groups is 1. The Hall–Kier alpha value is -0.870. The molecule has 0 aromatic carbocycles. The number of nitrogens with zero attached hydrogens (tertiary/aromatic N) is 1.